The third-order valence-corrected chi connectivity index (χ3v) is 6.80. The predicted octanol–water partition coefficient (Wildman–Crippen LogP) is 5.35. The normalized spacial score (nSPS) is 15.7. The van der Waals surface area contributed by atoms with Gasteiger partial charge in [0.1, 0.15) is 38.9 Å². The Morgan fingerprint density at radius 3 is 2.76 bits per heavy atom. The van der Waals surface area contributed by atoms with Crippen molar-refractivity contribution in [1.29, 1.82) is 0 Å². The third kappa shape index (κ3) is 3.23. The second kappa shape index (κ2) is 7.63. The van der Waals surface area contributed by atoms with Gasteiger partial charge in [-0.05, 0) is 24.3 Å². The van der Waals surface area contributed by atoms with Crippen molar-refractivity contribution >= 4 is 28.2 Å². The minimum Gasteiger partial charge on any atom is -0.458 e. The van der Waals surface area contributed by atoms with Crippen LogP contribution in [0.15, 0.2) is 65.5 Å². The minimum atomic E-state index is -0.720. The van der Waals surface area contributed by atoms with Gasteiger partial charge >= 0.3 is 0 Å². The number of para-hydroxylation sites is 1. The van der Waals surface area contributed by atoms with Crippen molar-refractivity contribution in [3.05, 3.63) is 94.7 Å². The van der Waals surface area contributed by atoms with Crippen LogP contribution in [-0.2, 0) is 6.42 Å². The number of thiazole rings is 1. The van der Waals surface area contributed by atoms with E-state index in [0.29, 0.717) is 18.7 Å². The lowest BCUT2D eigenvalue weighted by atomic mass is 10.00. The Bertz CT molecular complexity index is 1450. The van der Waals surface area contributed by atoms with E-state index in [1.165, 1.54) is 24.4 Å². The molecule has 6 rings (SSSR count). The zero-order chi connectivity index (χ0) is 22.5. The number of carbonyl (C=O) groups excluding carboxylic acids is 1. The second-order valence-corrected chi connectivity index (χ2v) is 8.76. The molecule has 1 aliphatic heterocycles. The summed E-state index contributed by atoms with van der Waals surface area (Å²) in [6.45, 7) is 0.428. The van der Waals surface area contributed by atoms with Crippen LogP contribution in [0.2, 0.25) is 0 Å². The van der Waals surface area contributed by atoms with Gasteiger partial charge in [-0.3, -0.25) is 4.79 Å². The third-order valence-electron chi connectivity index (χ3n) is 5.79. The Kier molecular flexibility index (Phi) is 4.58. The summed E-state index contributed by atoms with van der Waals surface area (Å²) in [4.78, 5) is 27.3. The molecule has 1 N–H and O–H groups in total. The molecule has 0 bridgehead atoms. The molecule has 0 spiro atoms. The number of amides is 1. The summed E-state index contributed by atoms with van der Waals surface area (Å²) < 4.78 is 34.5. The van der Waals surface area contributed by atoms with Crippen LogP contribution in [0.25, 0.3) is 21.5 Å². The number of aromatic amines is 1. The highest BCUT2D eigenvalue weighted by atomic mass is 32.1. The number of benzene rings is 2. The van der Waals surface area contributed by atoms with Crippen molar-refractivity contribution in [2.45, 2.75) is 12.5 Å². The largest absolute Gasteiger partial charge is 0.458 e. The van der Waals surface area contributed by atoms with Crippen molar-refractivity contribution < 1.29 is 18.0 Å². The fourth-order valence-electron chi connectivity index (χ4n) is 4.25. The Morgan fingerprint density at radius 2 is 1.94 bits per heavy atom. The number of halogens is 2. The molecule has 0 unspecified atom stereocenters. The zero-order valence-electron chi connectivity index (χ0n) is 17.1. The highest BCUT2D eigenvalue weighted by Crippen LogP contribution is 2.38. The van der Waals surface area contributed by atoms with E-state index in [9.17, 15) is 13.6 Å². The maximum Gasteiger partial charge on any atom is 0.266 e. The van der Waals surface area contributed by atoms with Crippen LogP contribution in [0.4, 0.5) is 8.78 Å². The van der Waals surface area contributed by atoms with E-state index >= 15 is 0 Å². The van der Waals surface area contributed by atoms with Crippen molar-refractivity contribution in [3.63, 3.8) is 0 Å². The number of imidazole rings is 1. The first kappa shape index (κ1) is 19.8. The van der Waals surface area contributed by atoms with Crippen LogP contribution in [-0.4, -0.2) is 32.3 Å². The summed E-state index contributed by atoms with van der Waals surface area (Å²) in [7, 11) is 0. The van der Waals surface area contributed by atoms with Gasteiger partial charge in [0.2, 0.25) is 0 Å². The molecule has 0 saturated heterocycles. The van der Waals surface area contributed by atoms with E-state index in [1.807, 2.05) is 30.3 Å². The van der Waals surface area contributed by atoms with Crippen LogP contribution < -0.4 is 0 Å². The maximum absolute atomic E-state index is 14.2. The SMILES string of the molecule is O=C(c1cnc(-c2c(F)cccc2F)s1)N1CCc2[nH]cnc2[C@H]1c1cc2ccccc2o1. The molecule has 33 heavy (non-hydrogen) atoms. The summed E-state index contributed by atoms with van der Waals surface area (Å²) in [6, 6.07) is 12.6. The number of aromatic nitrogens is 3. The van der Waals surface area contributed by atoms with Crippen LogP contribution in [0.5, 0.6) is 0 Å². The molecule has 1 aliphatic rings. The number of carbonyl (C=O) groups is 1. The molecular weight excluding hydrogens is 446 g/mol. The van der Waals surface area contributed by atoms with Crippen LogP contribution in [0.1, 0.15) is 32.9 Å². The smallest absolute Gasteiger partial charge is 0.266 e. The second-order valence-electron chi connectivity index (χ2n) is 7.73. The lowest BCUT2D eigenvalue weighted by molar-refractivity contribution is 0.0677. The van der Waals surface area contributed by atoms with Gasteiger partial charge < -0.3 is 14.3 Å². The molecule has 2 aromatic carbocycles. The fraction of sp³-hybridized carbons (Fsp3) is 0.125. The number of H-pyrrole nitrogens is 1. The number of furan rings is 1. The molecule has 0 saturated carbocycles. The number of rotatable bonds is 3. The topological polar surface area (TPSA) is 75.0 Å². The van der Waals surface area contributed by atoms with Crippen LogP contribution >= 0.6 is 11.3 Å². The van der Waals surface area contributed by atoms with Gasteiger partial charge in [-0.25, -0.2) is 18.7 Å². The number of nitrogens with one attached hydrogen (secondary N) is 1. The number of nitrogens with zero attached hydrogens (tertiary/aromatic N) is 3. The molecule has 5 aromatic rings. The first-order valence-electron chi connectivity index (χ1n) is 10.3. The quantitative estimate of drug-likeness (QED) is 0.393. The maximum atomic E-state index is 14.2. The molecule has 4 heterocycles. The van der Waals surface area contributed by atoms with E-state index in [1.54, 1.807) is 11.2 Å². The first-order valence-corrected chi connectivity index (χ1v) is 11.1. The van der Waals surface area contributed by atoms with Gasteiger partial charge in [-0.15, -0.1) is 11.3 Å². The van der Waals surface area contributed by atoms with Gasteiger partial charge in [0.05, 0.1) is 23.8 Å². The van der Waals surface area contributed by atoms with E-state index in [4.69, 9.17) is 4.42 Å². The summed E-state index contributed by atoms with van der Waals surface area (Å²) in [6.07, 6.45) is 3.58. The lowest BCUT2D eigenvalue weighted by Crippen LogP contribution is -2.40. The van der Waals surface area contributed by atoms with Gasteiger partial charge in [0.15, 0.2) is 0 Å². The van der Waals surface area contributed by atoms with E-state index in [0.717, 1.165) is 33.7 Å². The molecule has 9 heteroatoms. The number of hydrogen-bond donors (Lipinski definition) is 1. The summed E-state index contributed by atoms with van der Waals surface area (Å²) in [5.74, 6) is -1.14. The van der Waals surface area contributed by atoms with Crippen molar-refractivity contribution in [1.82, 2.24) is 19.9 Å². The fourth-order valence-corrected chi connectivity index (χ4v) is 5.17. The number of fused-ring (bicyclic) bond motifs is 2. The van der Waals surface area contributed by atoms with Crippen LogP contribution in [0, 0.1) is 11.6 Å². The van der Waals surface area contributed by atoms with Gasteiger partial charge in [-0.2, -0.15) is 0 Å². The Balaban J connectivity index is 1.41. The van der Waals surface area contributed by atoms with Gasteiger partial charge in [0, 0.05) is 24.0 Å². The van der Waals surface area contributed by atoms with E-state index < -0.39 is 17.7 Å². The van der Waals surface area contributed by atoms with E-state index in [2.05, 4.69) is 15.0 Å². The van der Waals surface area contributed by atoms with Gasteiger partial charge in [0.25, 0.3) is 5.91 Å². The highest BCUT2D eigenvalue weighted by molar-refractivity contribution is 7.16. The minimum absolute atomic E-state index is 0.117. The van der Waals surface area contributed by atoms with Crippen molar-refractivity contribution in [2.75, 3.05) is 6.54 Å². The predicted molar refractivity (Wildman–Crippen MR) is 119 cm³/mol. The van der Waals surface area contributed by atoms with Crippen LogP contribution in [0.3, 0.4) is 0 Å². The summed E-state index contributed by atoms with van der Waals surface area (Å²) >= 11 is 0.961. The van der Waals surface area contributed by atoms with Crippen molar-refractivity contribution in [3.8, 4) is 10.6 Å². The van der Waals surface area contributed by atoms with Crippen molar-refractivity contribution in [2.24, 2.45) is 0 Å². The lowest BCUT2D eigenvalue weighted by Gasteiger charge is -2.33. The monoisotopic (exact) mass is 462 g/mol. The Labute approximate surface area is 190 Å². The molecule has 0 radical (unpaired) electrons. The Hall–Kier alpha value is -3.85. The summed E-state index contributed by atoms with van der Waals surface area (Å²) in [5.41, 5.74) is 2.16. The molecule has 1 atom stereocenters. The molecule has 1 amide bonds. The molecule has 0 fully saturated rings. The molecular formula is C24H16F2N4O2S. The molecule has 3 aromatic heterocycles. The molecule has 0 aliphatic carbocycles. The first-order chi connectivity index (χ1) is 16.1. The average Bonchev–Trinajstić information content (AvgIpc) is 3.56. The molecule has 6 nitrogen and oxygen atoms in total. The highest BCUT2D eigenvalue weighted by Gasteiger charge is 2.37. The Morgan fingerprint density at radius 1 is 1.12 bits per heavy atom. The van der Waals surface area contributed by atoms with E-state index in [-0.39, 0.29) is 21.4 Å². The number of hydrogen-bond acceptors (Lipinski definition) is 5. The zero-order valence-corrected chi connectivity index (χ0v) is 17.9. The average molecular weight is 462 g/mol. The van der Waals surface area contributed by atoms with Gasteiger partial charge in [-0.1, -0.05) is 24.3 Å². The standard InChI is InChI=1S/C24H16F2N4O2S/c25-14-5-3-6-15(26)20(14)23-27-11-19(33-23)24(31)30-9-8-16-21(29-12-28-16)22(30)18-10-13-4-1-2-7-17(13)32-18/h1-7,10-12,22H,8-9H2,(H,28,29)/t22-/m1/s1. The molecule has 164 valence electrons. The summed E-state index contributed by atoms with van der Waals surface area (Å²) in [5, 5.41) is 1.05.